The number of fused-ring (bicyclic) bond motifs is 1. The Labute approximate surface area is 261 Å². The van der Waals surface area contributed by atoms with Crippen LogP contribution in [0.15, 0.2) is 11.1 Å². The van der Waals surface area contributed by atoms with E-state index in [0.717, 1.165) is 15.8 Å². The van der Waals surface area contributed by atoms with Gasteiger partial charge in [0.25, 0.3) is 5.56 Å². The Morgan fingerprint density at radius 1 is 1.14 bits per heavy atom. The van der Waals surface area contributed by atoms with Gasteiger partial charge in [-0.05, 0) is 0 Å². The third-order valence-electron chi connectivity index (χ3n) is 3.93. The van der Waals surface area contributed by atoms with Gasteiger partial charge >= 0.3 is 112 Å². The Bertz CT molecular complexity index is 1220. The third-order valence-corrected chi connectivity index (χ3v) is 8.17. The first-order valence-corrected chi connectivity index (χ1v) is 12.9. The number of hydrogen-bond acceptors (Lipinski definition) is 12. The Morgan fingerprint density at radius 3 is 2.31 bits per heavy atom. The van der Waals surface area contributed by atoms with Gasteiger partial charge in [-0.3, -0.25) is 18.9 Å². The number of rotatable bonds is 8. The average Bonchev–Trinajstić information content (AvgIpc) is 3.12. The second-order valence-electron chi connectivity index (χ2n) is 6.33. The summed E-state index contributed by atoms with van der Waals surface area (Å²) >= 11 is 0. The van der Waals surface area contributed by atoms with Crippen LogP contribution in [0.3, 0.4) is 0 Å². The van der Waals surface area contributed by atoms with Crippen LogP contribution >= 0.6 is 23.3 Å². The molecule has 3 rings (SSSR count). The van der Waals surface area contributed by atoms with Gasteiger partial charge in [0, 0.05) is 0 Å². The van der Waals surface area contributed by atoms with Crippen molar-refractivity contribution in [3.05, 3.63) is 16.7 Å². The molecule has 0 saturated carbocycles. The molecule has 0 amide bonds. The number of phosphoric ester groups is 1. The fourth-order valence-electron chi connectivity index (χ4n) is 2.74. The minimum absolute atomic E-state index is 0. The second-order valence-corrected chi connectivity index (χ2v) is 11.1. The van der Waals surface area contributed by atoms with Gasteiger partial charge < -0.3 is 40.3 Å². The molecule has 1 fully saturated rings. The van der Waals surface area contributed by atoms with Gasteiger partial charge in [-0.2, -0.15) is 9.29 Å². The summed E-state index contributed by atoms with van der Waals surface area (Å²) in [5.74, 6) is -0.270. The summed E-state index contributed by atoms with van der Waals surface area (Å²) < 4.78 is 48.7. The van der Waals surface area contributed by atoms with Gasteiger partial charge in [-0.1, -0.05) is 0 Å². The SMILES string of the molecule is Nc1nc2c(ncn2C2OC(COP(=O)(O)OP(=O)(O)NP(=O)(O)O)C(O)C2O)c(=O)[nH]1.[NaH].[NaH].[NaH]. The van der Waals surface area contributed by atoms with Crippen molar-refractivity contribution in [1.82, 2.24) is 24.4 Å². The molecule has 2 aromatic rings. The number of nitrogen functional groups attached to an aromatic ring is 1. The Morgan fingerprint density at radius 2 is 1.74 bits per heavy atom. The number of anilines is 1. The Balaban J connectivity index is 0.00000385. The number of aliphatic hydroxyl groups excluding tert-OH is 2. The molecule has 3 heterocycles. The van der Waals surface area contributed by atoms with Crippen LogP contribution in [0, 0.1) is 0 Å². The van der Waals surface area contributed by atoms with Gasteiger partial charge in [-0.15, -0.1) is 4.86 Å². The number of imidazole rings is 1. The molecule has 10 N–H and O–H groups in total. The maximum absolute atomic E-state index is 11.9. The van der Waals surface area contributed by atoms with E-state index >= 15 is 0 Å². The van der Waals surface area contributed by atoms with Crippen molar-refractivity contribution >= 4 is 129 Å². The second kappa shape index (κ2) is 13.7. The van der Waals surface area contributed by atoms with Crippen LogP contribution in [0.5, 0.6) is 0 Å². The van der Waals surface area contributed by atoms with E-state index in [1.54, 1.807) is 0 Å². The summed E-state index contributed by atoms with van der Waals surface area (Å²) in [5, 5.41) is 20.4. The zero-order valence-electron chi connectivity index (χ0n) is 15.4. The molecule has 35 heavy (non-hydrogen) atoms. The standard InChI is InChI=1S/C10H17N6O13P3.3Na.3H/c11-10-13-7-4(8(19)14-10)12-2-16(7)9-6(18)5(17)3(28-9)1-27-32(25,26)29-31(23,24)15-30(20,21)22;;;;;;/h2-3,5-6,9,17-18H,1H2,(H,25,26)(H3,11,13,14,19)(H4,15,20,21,22,23,24);;;;;;. The zero-order chi connectivity index (χ0) is 24.1. The molecule has 19 nitrogen and oxygen atoms in total. The van der Waals surface area contributed by atoms with Gasteiger partial charge in [-0.25, -0.2) is 18.7 Å². The minimum atomic E-state index is -5.48. The molecular formula is C10H20N6Na3O13P3. The quantitative estimate of drug-likeness (QED) is 0.102. The third kappa shape index (κ3) is 9.54. The van der Waals surface area contributed by atoms with Crippen molar-refractivity contribution in [2.45, 2.75) is 24.5 Å². The van der Waals surface area contributed by atoms with E-state index < -0.39 is 60.0 Å². The fraction of sp³-hybridized carbons (Fsp3) is 0.500. The van der Waals surface area contributed by atoms with Crippen LogP contribution in [0.1, 0.15) is 6.23 Å². The predicted molar refractivity (Wildman–Crippen MR) is 122 cm³/mol. The molecule has 1 aliphatic heterocycles. The van der Waals surface area contributed by atoms with Crippen molar-refractivity contribution in [3.8, 4) is 0 Å². The molecule has 6 unspecified atom stereocenters. The van der Waals surface area contributed by atoms with Crippen LogP contribution in [0.2, 0.25) is 0 Å². The van der Waals surface area contributed by atoms with Gasteiger partial charge in [0.2, 0.25) is 5.95 Å². The summed E-state index contributed by atoms with van der Waals surface area (Å²) in [5.41, 5.74) is 4.52. The van der Waals surface area contributed by atoms with Crippen molar-refractivity contribution in [1.29, 1.82) is 0 Å². The topological polar surface area (TPSA) is 302 Å². The first-order valence-electron chi connectivity index (χ1n) is 8.19. The molecule has 186 valence electrons. The predicted octanol–water partition coefficient (Wildman–Crippen LogP) is -4.71. The monoisotopic (exact) mass is 594 g/mol. The molecule has 25 heteroatoms. The van der Waals surface area contributed by atoms with E-state index in [1.165, 1.54) is 0 Å². The Hall–Kier alpha value is 1.44. The first kappa shape index (κ1) is 36.4. The number of nitrogens with two attached hydrogens (primary N) is 1. The number of nitrogens with zero attached hydrogens (tertiary/aromatic N) is 3. The number of H-pyrrole nitrogens is 1. The molecule has 0 bridgehead atoms. The first-order chi connectivity index (χ1) is 14.6. The van der Waals surface area contributed by atoms with Gasteiger partial charge in [0.15, 0.2) is 17.4 Å². The van der Waals surface area contributed by atoms with Gasteiger partial charge in [0.05, 0.1) is 12.9 Å². The van der Waals surface area contributed by atoms with Crippen molar-refractivity contribution in [2.24, 2.45) is 0 Å². The summed E-state index contributed by atoms with van der Waals surface area (Å²) in [6.07, 6.45) is -5.26. The Kier molecular flexibility index (Phi) is 14.2. The molecular weight excluding hydrogens is 574 g/mol. The van der Waals surface area contributed by atoms with Gasteiger partial charge in [0.1, 0.15) is 18.3 Å². The molecule has 0 aliphatic carbocycles. The van der Waals surface area contributed by atoms with E-state index in [1.807, 2.05) is 0 Å². The van der Waals surface area contributed by atoms with Crippen LogP contribution in [0.4, 0.5) is 5.95 Å². The number of hydrogen-bond donors (Lipinski definition) is 9. The molecule has 1 saturated heterocycles. The van der Waals surface area contributed by atoms with Crippen LogP contribution in [0.25, 0.3) is 11.2 Å². The summed E-state index contributed by atoms with van der Waals surface area (Å²) in [6, 6.07) is 0. The number of aliphatic hydroxyl groups is 2. The molecule has 6 atom stereocenters. The fourth-order valence-corrected chi connectivity index (χ4v) is 6.17. The molecule has 0 spiro atoms. The summed E-state index contributed by atoms with van der Waals surface area (Å²) in [4.78, 5) is 58.5. The van der Waals surface area contributed by atoms with E-state index in [9.17, 15) is 38.5 Å². The average molecular weight is 594 g/mol. The molecule has 2 aromatic heterocycles. The number of aromatic nitrogens is 4. The van der Waals surface area contributed by atoms with E-state index in [-0.39, 0.29) is 106 Å². The van der Waals surface area contributed by atoms with E-state index in [0.29, 0.717) is 0 Å². The van der Waals surface area contributed by atoms with E-state index in [4.69, 9.17) is 20.3 Å². The number of aromatic amines is 1. The molecule has 1 aliphatic rings. The molecule has 0 radical (unpaired) electrons. The summed E-state index contributed by atoms with van der Waals surface area (Å²) in [6.45, 7) is -0.985. The van der Waals surface area contributed by atoms with Crippen molar-refractivity contribution in [3.63, 3.8) is 0 Å². The van der Waals surface area contributed by atoms with Crippen molar-refractivity contribution < 1.29 is 57.1 Å². The van der Waals surface area contributed by atoms with E-state index in [2.05, 4.69) is 23.8 Å². The van der Waals surface area contributed by atoms with Crippen LogP contribution in [-0.4, -0.2) is 163 Å². The van der Waals surface area contributed by atoms with Crippen LogP contribution in [-0.2, 0) is 27.3 Å². The number of nitrogens with one attached hydrogen (secondary N) is 2. The maximum atomic E-state index is 11.9. The van der Waals surface area contributed by atoms with Crippen molar-refractivity contribution in [2.75, 3.05) is 12.3 Å². The van der Waals surface area contributed by atoms with Crippen LogP contribution < -0.4 is 16.2 Å². The summed E-state index contributed by atoms with van der Waals surface area (Å²) in [7, 11) is -16.2. The number of phosphoric acid groups is 1. The normalized spacial score (nSPS) is 25.5. The number of ether oxygens (including phenoxy) is 1. The molecule has 0 aromatic carbocycles. The zero-order valence-corrected chi connectivity index (χ0v) is 18.1.